The van der Waals surface area contributed by atoms with Crippen molar-refractivity contribution in [1.29, 1.82) is 0 Å². The minimum absolute atomic E-state index is 0.0622. The molecule has 2 rings (SSSR count). The summed E-state index contributed by atoms with van der Waals surface area (Å²) in [5.74, 6) is 1.14. The molecule has 0 radical (unpaired) electrons. The van der Waals surface area contributed by atoms with Crippen LogP contribution < -0.4 is 5.32 Å². The van der Waals surface area contributed by atoms with Gasteiger partial charge in [-0.25, -0.2) is 4.68 Å². The van der Waals surface area contributed by atoms with Crippen LogP contribution >= 0.6 is 24.2 Å². The van der Waals surface area contributed by atoms with Crippen molar-refractivity contribution < 1.29 is 4.79 Å². The molecule has 0 unspecified atom stereocenters. The molecule has 100 valence electrons. The molecular formula is C13H14ClN3OS. The van der Waals surface area contributed by atoms with Crippen LogP contribution in [0.2, 0.25) is 5.02 Å². The summed E-state index contributed by atoms with van der Waals surface area (Å²) in [5, 5.41) is 7.71. The van der Waals surface area contributed by atoms with E-state index in [0.29, 0.717) is 29.6 Å². The van der Waals surface area contributed by atoms with Gasteiger partial charge in [-0.05, 0) is 23.4 Å². The Morgan fingerprint density at radius 1 is 1.32 bits per heavy atom. The van der Waals surface area contributed by atoms with Crippen molar-refractivity contribution in [3.8, 4) is 0 Å². The third-order valence-corrected chi connectivity index (χ3v) is 3.04. The number of halogens is 1. The second kappa shape index (κ2) is 6.63. The van der Waals surface area contributed by atoms with E-state index in [2.05, 4.69) is 23.0 Å². The zero-order valence-electron chi connectivity index (χ0n) is 10.2. The van der Waals surface area contributed by atoms with Crippen molar-refractivity contribution in [2.45, 2.75) is 13.0 Å². The van der Waals surface area contributed by atoms with Gasteiger partial charge >= 0.3 is 0 Å². The van der Waals surface area contributed by atoms with Gasteiger partial charge in [0.15, 0.2) is 0 Å². The minimum atomic E-state index is -0.0622. The van der Waals surface area contributed by atoms with Gasteiger partial charge in [-0.15, -0.1) is 0 Å². The Bertz CT molecular complexity index is 553. The predicted molar refractivity (Wildman–Crippen MR) is 79.9 cm³/mol. The average molecular weight is 296 g/mol. The number of nitrogens with one attached hydrogen (secondary N) is 1. The second-order valence-corrected chi connectivity index (χ2v) is 4.91. The topological polar surface area (TPSA) is 46.9 Å². The first-order valence-electron chi connectivity index (χ1n) is 5.86. The molecule has 0 bridgehead atoms. The van der Waals surface area contributed by atoms with Crippen LogP contribution in [0.15, 0.2) is 36.5 Å². The monoisotopic (exact) mass is 295 g/mol. The van der Waals surface area contributed by atoms with Crippen molar-refractivity contribution in [2.24, 2.45) is 0 Å². The molecule has 1 amide bonds. The number of anilines is 1. The summed E-state index contributed by atoms with van der Waals surface area (Å²) in [4.78, 5) is 11.5. The van der Waals surface area contributed by atoms with E-state index < -0.39 is 0 Å². The summed E-state index contributed by atoms with van der Waals surface area (Å²) in [6.45, 7) is 0.584. The highest BCUT2D eigenvalue weighted by Crippen LogP contribution is 2.13. The summed E-state index contributed by atoms with van der Waals surface area (Å²) < 4.78 is 1.74. The number of aromatic nitrogens is 2. The molecule has 0 aliphatic heterocycles. The lowest BCUT2D eigenvalue weighted by molar-refractivity contribution is -0.115. The summed E-state index contributed by atoms with van der Waals surface area (Å²) in [6, 6.07) is 9.30. The minimum Gasteiger partial charge on any atom is -0.311 e. The number of thiol groups is 1. The first kappa shape index (κ1) is 14.0. The van der Waals surface area contributed by atoms with Crippen molar-refractivity contribution in [2.75, 3.05) is 11.1 Å². The van der Waals surface area contributed by atoms with Gasteiger partial charge in [0.2, 0.25) is 5.91 Å². The number of rotatable bonds is 5. The zero-order chi connectivity index (χ0) is 13.7. The summed E-state index contributed by atoms with van der Waals surface area (Å²) >= 11 is 9.87. The van der Waals surface area contributed by atoms with Crippen molar-refractivity contribution in [3.05, 3.63) is 47.1 Å². The maximum atomic E-state index is 11.5. The normalized spacial score (nSPS) is 10.4. The number of carbonyl (C=O) groups excluding carboxylic acids is 1. The number of hydrogen-bond donors (Lipinski definition) is 2. The van der Waals surface area contributed by atoms with Gasteiger partial charge in [0, 0.05) is 17.5 Å². The molecule has 19 heavy (non-hydrogen) atoms. The van der Waals surface area contributed by atoms with Crippen LogP contribution in [0.5, 0.6) is 0 Å². The molecular weight excluding hydrogens is 282 g/mol. The predicted octanol–water partition coefficient (Wildman–Crippen LogP) is 2.84. The molecule has 0 aliphatic rings. The van der Waals surface area contributed by atoms with Gasteiger partial charge in [-0.1, -0.05) is 23.7 Å². The fourth-order valence-corrected chi connectivity index (χ4v) is 1.96. The molecule has 1 N–H and O–H groups in total. The van der Waals surface area contributed by atoms with Gasteiger partial charge in [-0.3, -0.25) is 4.79 Å². The van der Waals surface area contributed by atoms with Crippen LogP contribution in [0.25, 0.3) is 0 Å². The molecule has 0 atom stereocenters. The molecule has 0 saturated heterocycles. The Morgan fingerprint density at radius 3 is 2.74 bits per heavy atom. The molecule has 1 aromatic heterocycles. The van der Waals surface area contributed by atoms with Gasteiger partial charge in [-0.2, -0.15) is 17.7 Å². The van der Waals surface area contributed by atoms with Crippen molar-refractivity contribution >= 4 is 36.0 Å². The third-order valence-electron chi connectivity index (χ3n) is 2.57. The Labute approximate surface area is 122 Å². The number of benzene rings is 1. The van der Waals surface area contributed by atoms with Gasteiger partial charge in [0.1, 0.15) is 5.82 Å². The third kappa shape index (κ3) is 4.01. The molecule has 0 saturated carbocycles. The van der Waals surface area contributed by atoms with Crippen LogP contribution in [0, 0.1) is 0 Å². The highest BCUT2D eigenvalue weighted by atomic mass is 35.5. The smallest absolute Gasteiger partial charge is 0.226 e. The van der Waals surface area contributed by atoms with Crippen LogP contribution in [-0.2, 0) is 11.3 Å². The van der Waals surface area contributed by atoms with E-state index in [0.717, 1.165) is 5.56 Å². The number of amides is 1. The van der Waals surface area contributed by atoms with E-state index in [1.165, 1.54) is 0 Å². The molecule has 0 fully saturated rings. The maximum Gasteiger partial charge on any atom is 0.226 e. The van der Waals surface area contributed by atoms with E-state index in [9.17, 15) is 4.79 Å². The Hall–Kier alpha value is -1.46. The van der Waals surface area contributed by atoms with Crippen LogP contribution in [0.4, 0.5) is 5.82 Å². The quantitative estimate of drug-likeness (QED) is 0.833. The lowest BCUT2D eigenvalue weighted by Crippen LogP contribution is -2.16. The lowest BCUT2D eigenvalue weighted by Gasteiger charge is -2.08. The SMILES string of the molecule is O=C(CCS)Nc1ccnn1Cc1ccc(Cl)cc1. The van der Waals surface area contributed by atoms with Gasteiger partial charge < -0.3 is 5.32 Å². The Morgan fingerprint density at radius 2 is 2.05 bits per heavy atom. The zero-order valence-corrected chi connectivity index (χ0v) is 11.9. The van der Waals surface area contributed by atoms with Crippen LogP contribution in [0.1, 0.15) is 12.0 Å². The number of nitrogens with zero attached hydrogens (tertiary/aromatic N) is 2. The number of hydrogen-bond acceptors (Lipinski definition) is 3. The molecule has 6 heteroatoms. The van der Waals surface area contributed by atoms with Crippen molar-refractivity contribution in [3.63, 3.8) is 0 Å². The molecule has 0 aliphatic carbocycles. The average Bonchev–Trinajstić information content (AvgIpc) is 2.80. The van der Waals surface area contributed by atoms with Gasteiger partial charge in [0.05, 0.1) is 12.7 Å². The molecule has 2 aromatic rings. The highest BCUT2D eigenvalue weighted by Gasteiger charge is 2.07. The van der Waals surface area contributed by atoms with E-state index in [4.69, 9.17) is 11.6 Å². The van der Waals surface area contributed by atoms with E-state index in [1.54, 1.807) is 16.9 Å². The molecule has 1 heterocycles. The van der Waals surface area contributed by atoms with Crippen LogP contribution in [-0.4, -0.2) is 21.4 Å². The standard InChI is InChI=1S/C13H14ClN3OS/c14-11-3-1-10(2-4-11)9-17-12(5-7-15-17)16-13(18)6-8-19/h1-5,7,19H,6,8-9H2,(H,16,18). The Balaban J connectivity index is 2.07. The van der Waals surface area contributed by atoms with Crippen LogP contribution in [0.3, 0.4) is 0 Å². The molecule has 4 nitrogen and oxygen atoms in total. The fraction of sp³-hybridized carbons (Fsp3) is 0.231. The first-order valence-corrected chi connectivity index (χ1v) is 6.87. The van der Waals surface area contributed by atoms with Crippen molar-refractivity contribution in [1.82, 2.24) is 9.78 Å². The summed E-state index contributed by atoms with van der Waals surface area (Å²) in [7, 11) is 0. The fourth-order valence-electron chi connectivity index (χ4n) is 1.63. The maximum absolute atomic E-state index is 11.5. The van der Waals surface area contributed by atoms with E-state index in [-0.39, 0.29) is 5.91 Å². The summed E-state index contributed by atoms with van der Waals surface area (Å²) in [5.41, 5.74) is 1.07. The lowest BCUT2D eigenvalue weighted by atomic mass is 10.2. The molecule has 0 spiro atoms. The van der Waals surface area contributed by atoms with Gasteiger partial charge in [0.25, 0.3) is 0 Å². The van der Waals surface area contributed by atoms with E-state index >= 15 is 0 Å². The highest BCUT2D eigenvalue weighted by molar-refractivity contribution is 7.80. The Kier molecular flexibility index (Phi) is 4.87. The summed E-state index contributed by atoms with van der Waals surface area (Å²) in [6.07, 6.45) is 2.04. The number of carbonyl (C=O) groups is 1. The van der Waals surface area contributed by atoms with E-state index in [1.807, 2.05) is 24.3 Å². The molecule has 1 aromatic carbocycles. The first-order chi connectivity index (χ1) is 9.19. The largest absolute Gasteiger partial charge is 0.311 e. The second-order valence-electron chi connectivity index (χ2n) is 4.02.